The van der Waals surface area contributed by atoms with Gasteiger partial charge < -0.3 is 0 Å². The SMILES string of the molecule is C/C=C\c1ccc2cc(S)ccc2c1C. The fourth-order valence-corrected chi connectivity index (χ4v) is 2.06. The number of hydrogen-bond acceptors (Lipinski definition) is 1. The molecule has 0 nitrogen and oxygen atoms in total. The third-order valence-corrected chi connectivity index (χ3v) is 2.94. The van der Waals surface area contributed by atoms with Crippen LogP contribution in [0.1, 0.15) is 18.1 Å². The molecular formula is C14H14S. The second kappa shape index (κ2) is 4.11. The average molecular weight is 214 g/mol. The van der Waals surface area contributed by atoms with E-state index >= 15 is 0 Å². The monoisotopic (exact) mass is 214 g/mol. The first-order chi connectivity index (χ1) is 7.22. The summed E-state index contributed by atoms with van der Waals surface area (Å²) in [7, 11) is 0. The van der Waals surface area contributed by atoms with Gasteiger partial charge in [-0.2, -0.15) is 0 Å². The van der Waals surface area contributed by atoms with Crippen LogP contribution in [0, 0.1) is 6.92 Å². The lowest BCUT2D eigenvalue weighted by Crippen LogP contribution is -1.83. The first-order valence-electron chi connectivity index (χ1n) is 5.07. The third-order valence-electron chi connectivity index (χ3n) is 2.66. The second-order valence-electron chi connectivity index (χ2n) is 3.69. The molecular weight excluding hydrogens is 200 g/mol. The van der Waals surface area contributed by atoms with E-state index in [9.17, 15) is 0 Å². The minimum absolute atomic E-state index is 1.01. The van der Waals surface area contributed by atoms with Gasteiger partial charge in [0.2, 0.25) is 0 Å². The molecule has 0 N–H and O–H groups in total. The van der Waals surface area contributed by atoms with Crippen LogP contribution in [0.3, 0.4) is 0 Å². The molecule has 0 fully saturated rings. The fraction of sp³-hybridized carbons (Fsp3) is 0.143. The van der Waals surface area contributed by atoms with Crippen molar-refractivity contribution in [1.29, 1.82) is 0 Å². The molecule has 15 heavy (non-hydrogen) atoms. The lowest BCUT2D eigenvalue weighted by molar-refractivity contribution is 1.46. The van der Waals surface area contributed by atoms with Crippen molar-refractivity contribution in [2.75, 3.05) is 0 Å². The Labute approximate surface area is 96.0 Å². The van der Waals surface area contributed by atoms with Gasteiger partial charge in [-0.25, -0.2) is 0 Å². The van der Waals surface area contributed by atoms with E-state index < -0.39 is 0 Å². The zero-order chi connectivity index (χ0) is 10.8. The molecule has 0 amide bonds. The molecule has 0 atom stereocenters. The predicted octanol–water partition coefficient (Wildman–Crippen LogP) is 4.47. The topological polar surface area (TPSA) is 0 Å². The average Bonchev–Trinajstić information content (AvgIpc) is 2.22. The van der Waals surface area contributed by atoms with Crippen LogP contribution in [0.2, 0.25) is 0 Å². The molecule has 0 aliphatic carbocycles. The summed E-state index contributed by atoms with van der Waals surface area (Å²) >= 11 is 4.35. The molecule has 1 heteroatoms. The maximum atomic E-state index is 4.35. The Morgan fingerprint density at radius 2 is 1.93 bits per heavy atom. The predicted molar refractivity (Wildman–Crippen MR) is 70.6 cm³/mol. The van der Waals surface area contributed by atoms with Crippen molar-refractivity contribution in [3.63, 3.8) is 0 Å². The van der Waals surface area contributed by atoms with Crippen LogP contribution in [0.4, 0.5) is 0 Å². The summed E-state index contributed by atoms with van der Waals surface area (Å²) in [5.41, 5.74) is 2.62. The van der Waals surface area contributed by atoms with E-state index in [1.807, 2.05) is 13.0 Å². The molecule has 0 spiro atoms. The summed E-state index contributed by atoms with van der Waals surface area (Å²) in [5, 5.41) is 2.57. The zero-order valence-electron chi connectivity index (χ0n) is 8.99. The van der Waals surface area contributed by atoms with E-state index in [0.717, 1.165) is 4.90 Å². The molecule has 0 aromatic heterocycles. The van der Waals surface area contributed by atoms with Crippen LogP contribution in [0.5, 0.6) is 0 Å². The highest BCUT2D eigenvalue weighted by atomic mass is 32.1. The molecule has 76 valence electrons. The van der Waals surface area contributed by atoms with Crippen molar-refractivity contribution >= 4 is 29.5 Å². The molecule has 2 aromatic rings. The highest BCUT2D eigenvalue weighted by Gasteiger charge is 2.00. The standard InChI is InChI=1S/C14H14S/c1-3-4-11-5-6-12-9-13(15)7-8-14(12)10(11)2/h3-9,15H,1-2H3/b4-3-. The molecule has 0 saturated heterocycles. The normalized spacial score (nSPS) is 11.4. The summed E-state index contributed by atoms with van der Waals surface area (Å²) in [6.45, 7) is 4.20. The van der Waals surface area contributed by atoms with Crippen molar-refractivity contribution in [1.82, 2.24) is 0 Å². The number of aryl methyl sites for hydroxylation is 1. The molecule has 0 unspecified atom stereocenters. The largest absolute Gasteiger partial charge is 0.143 e. The van der Waals surface area contributed by atoms with Gasteiger partial charge in [0.1, 0.15) is 0 Å². The minimum Gasteiger partial charge on any atom is -0.143 e. The Hall–Kier alpha value is -1.21. The van der Waals surface area contributed by atoms with Gasteiger partial charge in [-0.15, -0.1) is 12.6 Å². The van der Waals surface area contributed by atoms with Crippen LogP contribution in [0.25, 0.3) is 16.8 Å². The molecule has 0 heterocycles. The first-order valence-corrected chi connectivity index (χ1v) is 5.52. The van der Waals surface area contributed by atoms with Crippen molar-refractivity contribution in [2.24, 2.45) is 0 Å². The van der Waals surface area contributed by atoms with Crippen molar-refractivity contribution in [2.45, 2.75) is 18.7 Å². The van der Waals surface area contributed by atoms with Gasteiger partial charge in [0.15, 0.2) is 0 Å². The van der Waals surface area contributed by atoms with Gasteiger partial charge in [-0.3, -0.25) is 0 Å². The lowest BCUT2D eigenvalue weighted by atomic mass is 10.00. The maximum absolute atomic E-state index is 4.35. The summed E-state index contributed by atoms with van der Waals surface area (Å²) in [6.07, 6.45) is 4.21. The van der Waals surface area contributed by atoms with E-state index in [4.69, 9.17) is 0 Å². The number of hydrogen-bond donors (Lipinski definition) is 1. The number of rotatable bonds is 1. The Morgan fingerprint density at radius 3 is 2.67 bits per heavy atom. The van der Waals surface area contributed by atoms with E-state index in [1.54, 1.807) is 0 Å². The van der Waals surface area contributed by atoms with E-state index in [-0.39, 0.29) is 0 Å². The van der Waals surface area contributed by atoms with Crippen LogP contribution >= 0.6 is 12.6 Å². The summed E-state index contributed by atoms with van der Waals surface area (Å²) < 4.78 is 0. The van der Waals surface area contributed by atoms with E-state index in [0.29, 0.717) is 0 Å². The van der Waals surface area contributed by atoms with Crippen molar-refractivity contribution < 1.29 is 0 Å². The number of thiol groups is 1. The fourth-order valence-electron chi connectivity index (χ4n) is 1.85. The minimum atomic E-state index is 1.01. The van der Waals surface area contributed by atoms with Gasteiger partial charge in [0, 0.05) is 4.90 Å². The Bertz CT molecular complexity index is 524. The second-order valence-corrected chi connectivity index (χ2v) is 4.20. The summed E-state index contributed by atoms with van der Waals surface area (Å²) in [4.78, 5) is 1.01. The number of benzene rings is 2. The first kappa shape index (κ1) is 10.3. The quantitative estimate of drug-likeness (QED) is 0.665. The van der Waals surface area contributed by atoms with Crippen LogP contribution in [-0.2, 0) is 0 Å². The van der Waals surface area contributed by atoms with Crippen LogP contribution < -0.4 is 0 Å². The molecule has 0 bridgehead atoms. The molecule has 0 aliphatic heterocycles. The maximum Gasteiger partial charge on any atom is 0.00463 e. The summed E-state index contributed by atoms with van der Waals surface area (Å²) in [6, 6.07) is 10.6. The number of fused-ring (bicyclic) bond motifs is 1. The van der Waals surface area contributed by atoms with Crippen molar-refractivity contribution in [3.05, 3.63) is 47.5 Å². The molecule has 2 aromatic carbocycles. The van der Waals surface area contributed by atoms with Gasteiger partial charge in [-0.1, -0.05) is 30.4 Å². The Kier molecular flexibility index (Phi) is 2.83. The molecule has 0 aliphatic rings. The van der Waals surface area contributed by atoms with Gasteiger partial charge >= 0.3 is 0 Å². The lowest BCUT2D eigenvalue weighted by Gasteiger charge is -2.06. The smallest absolute Gasteiger partial charge is 0.00463 e. The molecule has 0 saturated carbocycles. The highest BCUT2D eigenvalue weighted by Crippen LogP contribution is 2.24. The molecule has 0 radical (unpaired) electrons. The van der Waals surface area contributed by atoms with E-state index in [1.165, 1.54) is 21.9 Å². The number of allylic oxidation sites excluding steroid dienone is 1. The molecule has 2 rings (SSSR count). The van der Waals surface area contributed by atoms with Crippen LogP contribution in [0.15, 0.2) is 41.3 Å². The van der Waals surface area contributed by atoms with Crippen LogP contribution in [-0.4, -0.2) is 0 Å². The Balaban J connectivity index is 2.74. The summed E-state index contributed by atoms with van der Waals surface area (Å²) in [5.74, 6) is 0. The van der Waals surface area contributed by atoms with Gasteiger partial charge in [0.05, 0.1) is 0 Å². The van der Waals surface area contributed by atoms with E-state index in [2.05, 4.69) is 56.0 Å². The Morgan fingerprint density at radius 1 is 1.13 bits per heavy atom. The van der Waals surface area contributed by atoms with Crippen molar-refractivity contribution in [3.8, 4) is 0 Å². The third kappa shape index (κ3) is 1.93. The van der Waals surface area contributed by atoms with Gasteiger partial charge in [0.25, 0.3) is 0 Å². The van der Waals surface area contributed by atoms with Gasteiger partial charge in [-0.05, 0) is 47.9 Å². The zero-order valence-corrected chi connectivity index (χ0v) is 9.88. The highest BCUT2D eigenvalue weighted by molar-refractivity contribution is 7.80.